The third-order valence-electron chi connectivity index (χ3n) is 2.99. The predicted octanol–water partition coefficient (Wildman–Crippen LogP) is 2.96. The normalized spacial score (nSPS) is 11.2. The van der Waals surface area contributed by atoms with Crippen LogP contribution in [0, 0.1) is 13.8 Å². The molecule has 2 heterocycles. The van der Waals surface area contributed by atoms with Gasteiger partial charge in [-0.15, -0.1) is 35.3 Å². The minimum absolute atomic E-state index is 0. The minimum Gasteiger partial charge on any atom is -0.357 e. The van der Waals surface area contributed by atoms with Gasteiger partial charge < -0.3 is 14.7 Å². The van der Waals surface area contributed by atoms with Crippen LogP contribution in [0.2, 0.25) is 0 Å². The van der Waals surface area contributed by atoms with E-state index in [1.165, 1.54) is 10.4 Å². The minimum atomic E-state index is 0. The van der Waals surface area contributed by atoms with Crippen molar-refractivity contribution in [2.75, 3.05) is 13.6 Å². The molecule has 0 saturated carbocycles. The topological polar surface area (TPSA) is 66.5 Å². The molecular weight excluding hydrogens is 413 g/mol. The van der Waals surface area contributed by atoms with Crippen molar-refractivity contribution in [1.82, 2.24) is 20.4 Å². The Bertz CT molecular complexity index is 610. The highest BCUT2D eigenvalue weighted by Gasteiger charge is 2.10. The lowest BCUT2D eigenvalue weighted by Crippen LogP contribution is -2.38. The average molecular weight is 435 g/mol. The molecule has 0 radical (unpaired) electrons. The molecule has 0 saturated heterocycles. The summed E-state index contributed by atoms with van der Waals surface area (Å²) in [5, 5.41) is 9.26. The van der Waals surface area contributed by atoms with Crippen molar-refractivity contribution in [1.29, 1.82) is 0 Å². The third kappa shape index (κ3) is 5.24. The van der Waals surface area contributed by atoms with Crippen molar-refractivity contribution >= 4 is 41.3 Å². The largest absolute Gasteiger partial charge is 0.357 e. The van der Waals surface area contributed by atoms with Crippen LogP contribution in [0.4, 0.5) is 0 Å². The molecule has 1 N–H and O–H groups in total. The summed E-state index contributed by atoms with van der Waals surface area (Å²) in [5.41, 5.74) is 1.32. The molecule has 8 heteroatoms. The number of hydrogen-bond acceptors (Lipinski definition) is 5. The van der Waals surface area contributed by atoms with Crippen LogP contribution in [0.5, 0.6) is 0 Å². The van der Waals surface area contributed by atoms with E-state index in [2.05, 4.69) is 50.6 Å². The maximum atomic E-state index is 4.96. The SMILES string of the molecule is CCNC(=NCc1noc(C)n1)N(C)Cc1sccc1C.I. The summed E-state index contributed by atoms with van der Waals surface area (Å²) in [4.78, 5) is 12.2. The molecule has 0 atom stereocenters. The summed E-state index contributed by atoms with van der Waals surface area (Å²) in [5.74, 6) is 2.00. The number of aliphatic imine (C=N–C) groups is 1. The number of nitrogens with one attached hydrogen (secondary N) is 1. The van der Waals surface area contributed by atoms with Crippen LogP contribution in [0.25, 0.3) is 0 Å². The van der Waals surface area contributed by atoms with Crippen molar-refractivity contribution in [2.24, 2.45) is 4.99 Å². The van der Waals surface area contributed by atoms with Gasteiger partial charge in [-0.1, -0.05) is 5.16 Å². The van der Waals surface area contributed by atoms with Gasteiger partial charge in [-0.2, -0.15) is 4.98 Å². The highest BCUT2D eigenvalue weighted by atomic mass is 127. The highest BCUT2D eigenvalue weighted by Crippen LogP contribution is 2.17. The predicted molar refractivity (Wildman–Crippen MR) is 99.8 cm³/mol. The van der Waals surface area contributed by atoms with Gasteiger partial charge in [0.25, 0.3) is 0 Å². The van der Waals surface area contributed by atoms with E-state index in [-0.39, 0.29) is 24.0 Å². The lowest BCUT2D eigenvalue weighted by Gasteiger charge is -2.21. The van der Waals surface area contributed by atoms with Crippen molar-refractivity contribution in [3.05, 3.63) is 33.6 Å². The Hall–Kier alpha value is -1.16. The molecule has 2 aromatic heterocycles. The van der Waals surface area contributed by atoms with E-state index in [0.717, 1.165) is 19.0 Å². The van der Waals surface area contributed by atoms with Crippen LogP contribution in [0.3, 0.4) is 0 Å². The Labute approximate surface area is 152 Å². The summed E-state index contributed by atoms with van der Waals surface area (Å²) in [6.45, 7) is 8.02. The summed E-state index contributed by atoms with van der Waals surface area (Å²) in [7, 11) is 2.03. The number of rotatable bonds is 5. The standard InChI is InChI=1S/C14H21N5OS.HI/c1-5-15-14(16-8-13-17-11(3)20-18-13)19(4)9-12-10(2)6-7-21-12;/h6-7H,5,8-9H2,1-4H3,(H,15,16);1H. The van der Waals surface area contributed by atoms with Gasteiger partial charge in [-0.05, 0) is 30.9 Å². The first kappa shape index (κ1) is 18.9. The molecule has 6 nitrogen and oxygen atoms in total. The monoisotopic (exact) mass is 435 g/mol. The Morgan fingerprint density at radius 3 is 2.77 bits per heavy atom. The number of aromatic nitrogens is 2. The number of hydrogen-bond donors (Lipinski definition) is 1. The second kappa shape index (κ2) is 9.09. The second-order valence-corrected chi connectivity index (χ2v) is 5.78. The number of guanidine groups is 1. The summed E-state index contributed by atoms with van der Waals surface area (Å²) in [6.07, 6.45) is 0. The molecule has 2 aromatic rings. The van der Waals surface area contributed by atoms with Crippen LogP contribution < -0.4 is 5.32 Å². The van der Waals surface area contributed by atoms with E-state index < -0.39 is 0 Å². The Balaban J connectivity index is 0.00000242. The molecule has 122 valence electrons. The quantitative estimate of drug-likeness (QED) is 0.445. The van der Waals surface area contributed by atoms with E-state index in [9.17, 15) is 0 Å². The zero-order valence-corrected chi connectivity index (χ0v) is 16.4. The van der Waals surface area contributed by atoms with E-state index >= 15 is 0 Å². The fraction of sp³-hybridized carbons (Fsp3) is 0.500. The first-order chi connectivity index (χ1) is 10.1. The van der Waals surface area contributed by atoms with Gasteiger partial charge in [0.1, 0.15) is 6.54 Å². The number of nitrogens with zero attached hydrogens (tertiary/aromatic N) is 4. The second-order valence-electron chi connectivity index (χ2n) is 4.78. The molecule has 0 unspecified atom stereocenters. The fourth-order valence-electron chi connectivity index (χ4n) is 1.88. The fourth-order valence-corrected chi connectivity index (χ4v) is 2.84. The molecular formula is C14H22IN5OS. The number of aryl methyl sites for hydroxylation is 2. The molecule has 0 spiro atoms. The lowest BCUT2D eigenvalue weighted by atomic mass is 10.3. The summed E-state index contributed by atoms with van der Waals surface area (Å²) < 4.78 is 4.96. The molecule has 22 heavy (non-hydrogen) atoms. The molecule has 0 amide bonds. The zero-order chi connectivity index (χ0) is 15.2. The maximum absolute atomic E-state index is 4.96. The van der Waals surface area contributed by atoms with E-state index in [1.54, 1.807) is 18.3 Å². The van der Waals surface area contributed by atoms with E-state index in [4.69, 9.17) is 4.52 Å². The molecule has 0 aromatic carbocycles. The molecule has 0 aliphatic carbocycles. The van der Waals surface area contributed by atoms with Gasteiger partial charge in [-0.3, -0.25) is 0 Å². The van der Waals surface area contributed by atoms with Crippen LogP contribution in [0.1, 0.15) is 29.1 Å². The van der Waals surface area contributed by atoms with Crippen LogP contribution in [0.15, 0.2) is 21.0 Å². The van der Waals surface area contributed by atoms with Gasteiger partial charge >= 0.3 is 0 Å². The average Bonchev–Trinajstić information content (AvgIpc) is 3.04. The molecule has 2 rings (SSSR count). The van der Waals surface area contributed by atoms with Gasteiger partial charge in [0.15, 0.2) is 11.8 Å². The Morgan fingerprint density at radius 2 is 2.23 bits per heavy atom. The molecule has 0 fully saturated rings. The van der Waals surface area contributed by atoms with Crippen LogP contribution in [-0.4, -0.2) is 34.6 Å². The van der Waals surface area contributed by atoms with Gasteiger partial charge in [0, 0.05) is 25.4 Å². The first-order valence-electron chi connectivity index (χ1n) is 6.91. The third-order valence-corrected chi connectivity index (χ3v) is 3.99. The summed E-state index contributed by atoms with van der Waals surface area (Å²) >= 11 is 1.77. The van der Waals surface area contributed by atoms with Crippen LogP contribution >= 0.6 is 35.3 Å². The molecule has 0 bridgehead atoms. The molecule has 0 aliphatic heterocycles. The van der Waals surface area contributed by atoms with Gasteiger partial charge in [0.05, 0.1) is 6.54 Å². The van der Waals surface area contributed by atoms with Crippen molar-refractivity contribution in [3.63, 3.8) is 0 Å². The summed E-state index contributed by atoms with van der Waals surface area (Å²) in [6, 6.07) is 2.14. The lowest BCUT2D eigenvalue weighted by molar-refractivity contribution is 0.387. The van der Waals surface area contributed by atoms with E-state index in [1.807, 2.05) is 7.05 Å². The highest BCUT2D eigenvalue weighted by molar-refractivity contribution is 14.0. The Kier molecular flexibility index (Phi) is 7.80. The van der Waals surface area contributed by atoms with Crippen molar-refractivity contribution in [2.45, 2.75) is 33.9 Å². The van der Waals surface area contributed by atoms with Gasteiger partial charge in [0.2, 0.25) is 5.89 Å². The van der Waals surface area contributed by atoms with Crippen molar-refractivity contribution < 1.29 is 4.52 Å². The Morgan fingerprint density at radius 1 is 1.45 bits per heavy atom. The van der Waals surface area contributed by atoms with E-state index in [0.29, 0.717) is 18.3 Å². The number of halogens is 1. The van der Waals surface area contributed by atoms with Crippen LogP contribution in [-0.2, 0) is 13.1 Å². The van der Waals surface area contributed by atoms with Gasteiger partial charge in [-0.25, -0.2) is 4.99 Å². The first-order valence-corrected chi connectivity index (χ1v) is 7.79. The number of thiophene rings is 1. The smallest absolute Gasteiger partial charge is 0.223 e. The maximum Gasteiger partial charge on any atom is 0.223 e. The zero-order valence-electron chi connectivity index (χ0n) is 13.3. The van der Waals surface area contributed by atoms with Crippen molar-refractivity contribution in [3.8, 4) is 0 Å². The molecule has 0 aliphatic rings.